The normalized spacial score (nSPS) is 35.8. The summed E-state index contributed by atoms with van der Waals surface area (Å²) in [6.07, 6.45) is 3.84. The van der Waals surface area contributed by atoms with Crippen LogP contribution in [0, 0.1) is 0 Å². The van der Waals surface area contributed by atoms with Gasteiger partial charge in [0, 0.05) is 18.9 Å². The van der Waals surface area contributed by atoms with Gasteiger partial charge in [-0.1, -0.05) is 22.6 Å². The number of nitrogens with one attached hydrogen (secondary N) is 2. The average Bonchev–Trinajstić information content (AvgIpc) is 1.65. The molecule has 0 fully saturated rings. The largest absolute Gasteiger partial charge is 0.387 e. The lowest BCUT2D eigenvalue weighted by Gasteiger charge is -2.26. The lowest BCUT2D eigenvalue weighted by molar-refractivity contribution is 0.555. The quantitative estimate of drug-likeness (QED) is 0.361. The number of rotatable bonds is 0. The molecule has 1 rings (SSSR count). The van der Waals surface area contributed by atoms with Crippen molar-refractivity contribution in [3.8, 4) is 0 Å². The van der Waals surface area contributed by atoms with Crippen molar-refractivity contribution in [1.82, 2.24) is 10.6 Å². The molecule has 3 heteroatoms. The van der Waals surface area contributed by atoms with Crippen LogP contribution in [0.3, 0.4) is 0 Å². The fourth-order valence-corrected chi connectivity index (χ4v) is 0.976. The van der Waals surface area contributed by atoms with E-state index in [1.165, 1.54) is 0 Å². The Morgan fingerprint density at radius 3 is 2.62 bits per heavy atom. The third kappa shape index (κ3) is 1.54. The lowest BCUT2D eigenvalue weighted by Crippen LogP contribution is -2.44. The van der Waals surface area contributed by atoms with E-state index in [2.05, 4.69) is 40.1 Å². The summed E-state index contributed by atoms with van der Waals surface area (Å²) in [4.78, 5) is 0. The molecule has 1 unspecified atom stereocenters. The number of alkyl halides is 1. The van der Waals surface area contributed by atoms with Crippen LogP contribution in [0.1, 0.15) is 6.92 Å². The van der Waals surface area contributed by atoms with Gasteiger partial charge in [-0.25, -0.2) is 0 Å². The summed E-state index contributed by atoms with van der Waals surface area (Å²) in [5.41, 5.74) is 0. The highest BCUT2D eigenvalue weighted by Crippen LogP contribution is 2.13. The molecule has 0 bridgehead atoms. The van der Waals surface area contributed by atoms with Crippen molar-refractivity contribution in [1.29, 1.82) is 0 Å². The summed E-state index contributed by atoms with van der Waals surface area (Å²) < 4.78 is 0.201. The minimum Gasteiger partial charge on any atom is -0.387 e. The van der Waals surface area contributed by atoms with Gasteiger partial charge in [0.1, 0.15) is 3.55 Å². The fourth-order valence-electron chi connectivity index (χ4n) is 0.576. The van der Waals surface area contributed by atoms with E-state index >= 15 is 0 Å². The summed E-state index contributed by atoms with van der Waals surface area (Å²) in [6.45, 7) is 3.13. The molecule has 1 atom stereocenters. The van der Waals surface area contributed by atoms with Gasteiger partial charge in [-0.3, -0.25) is 0 Å². The van der Waals surface area contributed by atoms with Gasteiger partial charge in [-0.05, 0) is 6.92 Å². The second kappa shape index (κ2) is 2.13. The molecular weight excluding hydrogens is 215 g/mol. The molecule has 2 nitrogen and oxygen atoms in total. The highest BCUT2D eigenvalue weighted by molar-refractivity contribution is 14.1. The fraction of sp³-hybridized carbons (Fsp3) is 0.600. The van der Waals surface area contributed by atoms with E-state index in [4.69, 9.17) is 0 Å². The predicted octanol–water partition coefficient (Wildman–Crippen LogP) is 0.802. The molecule has 1 heterocycles. The zero-order chi connectivity index (χ0) is 6.04. The van der Waals surface area contributed by atoms with E-state index < -0.39 is 0 Å². The summed E-state index contributed by atoms with van der Waals surface area (Å²) in [5.74, 6) is 0. The first kappa shape index (κ1) is 6.19. The smallest absolute Gasteiger partial charge is 0.103 e. The van der Waals surface area contributed by atoms with Crippen LogP contribution < -0.4 is 10.6 Å². The Bertz CT molecular complexity index is 109. The van der Waals surface area contributed by atoms with Gasteiger partial charge in [-0.15, -0.1) is 0 Å². The van der Waals surface area contributed by atoms with Gasteiger partial charge in [0.2, 0.25) is 0 Å². The van der Waals surface area contributed by atoms with Crippen LogP contribution >= 0.6 is 22.6 Å². The maximum atomic E-state index is 3.20. The van der Waals surface area contributed by atoms with Gasteiger partial charge >= 0.3 is 0 Å². The molecule has 0 spiro atoms. The first-order valence-corrected chi connectivity index (χ1v) is 3.64. The SMILES string of the molecule is CC1(I)CNC=CN1. The third-order valence-corrected chi connectivity index (χ3v) is 1.71. The molecule has 46 valence electrons. The second-order valence-corrected chi connectivity index (χ2v) is 4.44. The molecule has 2 N–H and O–H groups in total. The van der Waals surface area contributed by atoms with Crippen molar-refractivity contribution in [2.75, 3.05) is 6.54 Å². The maximum absolute atomic E-state index is 3.20. The average molecular weight is 224 g/mol. The van der Waals surface area contributed by atoms with Gasteiger partial charge < -0.3 is 10.6 Å². The molecule has 8 heavy (non-hydrogen) atoms. The molecule has 0 aliphatic carbocycles. The van der Waals surface area contributed by atoms with E-state index in [1.54, 1.807) is 0 Å². The van der Waals surface area contributed by atoms with Crippen LogP contribution in [0.2, 0.25) is 0 Å². The second-order valence-electron chi connectivity index (χ2n) is 2.06. The van der Waals surface area contributed by atoms with Crippen LogP contribution in [0.25, 0.3) is 0 Å². The third-order valence-electron chi connectivity index (χ3n) is 1.02. The minimum atomic E-state index is 0.201. The zero-order valence-corrected chi connectivity index (χ0v) is 6.90. The number of hydrogen-bond acceptors (Lipinski definition) is 2. The van der Waals surface area contributed by atoms with E-state index in [0.717, 1.165) is 6.54 Å². The van der Waals surface area contributed by atoms with Gasteiger partial charge in [-0.2, -0.15) is 0 Å². The molecular formula is C5H9IN2. The van der Waals surface area contributed by atoms with Crippen molar-refractivity contribution in [3.63, 3.8) is 0 Å². The van der Waals surface area contributed by atoms with E-state index in [9.17, 15) is 0 Å². The predicted molar refractivity (Wildman–Crippen MR) is 42.7 cm³/mol. The van der Waals surface area contributed by atoms with Crippen molar-refractivity contribution >= 4 is 22.6 Å². The molecule has 0 aromatic heterocycles. The molecule has 1 aliphatic rings. The highest BCUT2D eigenvalue weighted by Gasteiger charge is 2.17. The van der Waals surface area contributed by atoms with Gasteiger partial charge in [0.15, 0.2) is 0 Å². The van der Waals surface area contributed by atoms with Crippen molar-refractivity contribution < 1.29 is 0 Å². The van der Waals surface area contributed by atoms with E-state index in [-0.39, 0.29) is 3.55 Å². The maximum Gasteiger partial charge on any atom is 0.103 e. The Labute approximate surface area is 62.9 Å². The zero-order valence-electron chi connectivity index (χ0n) is 4.74. The van der Waals surface area contributed by atoms with Crippen molar-refractivity contribution in [2.24, 2.45) is 0 Å². The van der Waals surface area contributed by atoms with Crippen LogP contribution in [0.4, 0.5) is 0 Å². The molecule has 0 aromatic rings. The van der Waals surface area contributed by atoms with E-state index in [1.807, 2.05) is 12.4 Å². The first-order chi connectivity index (χ1) is 3.71. The Kier molecular flexibility index (Phi) is 1.65. The minimum absolute atomic E-state index is 0.201. The topological polar surface area (TPSA) is 24.1 Å². The van der Waals surface area contributed by atoms with Gasteiger partial charge in [0.05, 0.1) is 0 Å². The lowest BCUT2D eigenvalue weighted by atomic mass is 10.3. The number of hydrogen-bond donors (Lipinski definition) is 2. The summed E-state index contributed by atoms with van der Waals surface area (Å²) in [7, 11) is 0. The number of halogens is 1. The Balaban J connectivity index is 2.50. The summed E-state index contributed by atoms with van der Waals surface area (Å²) in [6, 6.07) is 0. The molecule has 1 aliphatic heterocycles. The molecule has 0 radical (unpaired) electrons. The van der Waals surface area contributed by atoms with Crippen LogP contribution in [-0.2, 0) is 0 Å². The Morgan fingerprint density at radius 2 is 2.38 bits per heavy atom. The van der Waals surface area contributed by atoms with Crippen LogP contribution in [-0.4, -0.2) is 10.1 Å². The molecule has 0 amide bonds. The molecule has 0 saturated carbocycles. The van der Waals surface area contributed by atoms with Crippen LogP contribution in [0.15, 0.2) is 12.4 Å². The summed E-state index contributed by atoms with van der Waals surface area (Å²) in [5, 5.41) is 6.33. The summed E-state index contributed by atoms with van der Waals surface area (Å²) >= 11 is 2.37. The van der Waals surface area contributed by atoms with Crippen molar-refractivity contribution in [2.45, 2.75) is 10.5 Å². The van der Waals surface area contributed by atoms with Crippen LogP contribution in [0.5, 0.6) is 0 Å². The standard InChI is InChI=1S/C5H9IN2/c1-5(6)4-7-2-3-8-5/h2-3,7-8H,4H2,1H3. The first-order valence-electron chi connectivity index (χ1n) is 2.56. The van der Waals surface area contributed by atoms with E-state index in [0.29, 0.717) is 0 Å². The van der Waals surface area contributed by atoms with Gasteiger partial charge in [0.25, 0.3) is 0 Å². The monoisotopic (exact) mass is 224 g/mol. The highest BCUT2D eigenvalue weighted by atomic mass is 127. The molecule has 0 aromatic carbocycles. The Hall–Kier alpha value is 0.0700. The Morgan fingerprint density at radius 1 is 1.62 bits per heavy atom. The van der Waals surface area contributed by atoms with Crippen molar-refractivity contribution in [3.05, 3.63) is 12.4 Å². The molecule has 0 saturated heterocycles.